The highest BCUT2D eigenvalue weighted by Crippen LogP contribution is 2.37. The van der Waals surface area contributed by atoms with Crippen LogP contribution in [-0.2, 0) is 21.5 Å². The molecule has 160 valence electrons. The van der Waals surface area contributed by atoms with Crippen LogP contribution in [0.4, 0.5) is 5.69 Å². The minimum absolute atomic E-state index is 0.188. The maximum atomic E-state index is 13.7. The number of ether oxygens (including phenoxy) is 1. The van der Waals surface area contributed by atoms with Crippen LogP contribution >= 0.6 is 15.9 Å². The minimum Gasteiger partial charge on any atom is -0.381 e. The summed E-state index contributed by atoms with van der Waals surface area (Å²) in [6.07, 6.45) is 5.35. The number of nitrogens with zero attached hydrogens (tertiary/aromatic N) is 2. The van der Waals surface area contributed by atoms with E-state index in [9.17, 15) is 4.79 Å². The Morgan fingerprint density at radius 2 is 1.63 bits per heavy atom. The van der Waals surface area contributed by atoms with Gasteiger partial charge in [0.05, 0.1) is 5.41 Å². The second-order valence-electron chi connectivity index (χ2n) is 8.58. The van der Waals surface area contributed by atoms with E-state index in [1.54, 1.807) is 0 Å². The average Bonchev–Trinajstić information content (AvgIpc) is 2.80. The molecule has 2 aromatic rings. The lowest BCUT2D eigenvalue weighted by atomic mass is 9.73. The van der Waals surface area contributed by atoms with Crippen molar-refractivity contribution >= 4 is 27.5 Å². The SMILES string of the molecule is CN(Cc1ccc(N2CCCCC2)cc1)C(=O)C1(c2ccc(Br)cc2)CCOCC1. The van der Waals surface area contributed by atoms with E-state index in [0.717, 1.165) is 36.0 Å². The Labute approximate surface area is 188 Å². The van der Waals surface area contributed by atoms with Crippen LogP contribution < -0.4 is 4.90 Å². The summed E-state index contributed by atoms with van der Waals surface area (Å²) >= 11 is 3.51. The summed E-state index contributed by atoms with van der Waals surface area (Å²) in [5, 5.41) is 0. The third-order valence-electron chi connectivity index (χ3n) is 6.58. The van der Waals surface area contributed by atoms with Crippen LogP contribution in [0.3, 0.4) is 0 Å². The Morgan fingerprint density at radius 3 is 2.27 bits per heavy atom. The lowest BCUT2D eigenvalue weighted by Gasteiger charge is -2.39. The molecule has 0 N–H and O–H groups in total. The van der Waals surface area contributed by atoms with E-state index in [2.05, 4.69) is 57.2 Å². The van der Waals surface area contributed by atoms with Crippen molar-refractivity contribution < 1.29 is 9.53 Å². The first-order valence-corrected chi connectivity index (χ1v) is 11.8. The molecule has 0 spiro atoms. The number of rotatable bonds is 5. The number of hydrogen-bond donors (Lipinski definition) is 0. The number of halogens is 1. The van der Waals surface area contributed by atoms with Crippen LogP contribution in [0.2, 0.25) is 0 Å². The monoisotopic (exact) mass is 470 g/mol. The summed E-state index contributed by atoms with van der Waals surface area (Å²) in [7, 11) is 1.93. The molecule has 0 atom stereocenters. The van der Waals surface area contributed by atoms with E-state index < -0.39 is 5.41 Å². The first kappa shape index (κ1) is 21.4. The standard InChI is InChI=1S/C25H31BrN2O2/c1-27(19-20-5-11-23(12-6-20)28-15-3-2-4-16-28)24(29)25(13-17-30-18-14-25)21-7-9-22(26)10-8-21/h5-12H,2-4,13-19H2,1H3. The van der Waals surface area contributed by atoms with Crippen molar-refractivity contribution in [3.8, 4) is 0 Å². The summed E-state index contributed by atoms with van der Waals surface area (Å²) in [5.74, 6) is 0.188. The first-order valence-electron chi connectivity index (χ1n) is 11.0. The Kier molecular flexibility index (Phi) is 6.79. The van der Waals surface area contributed by atoms with Gasteiger partial charge in [-0.3, -0.25) is 4.79 Å². The number of benzene rings is 2. The van der Waals surface area contributed by atoms with Crippen molar-refractivity contribution in [3.63, 3.8) is 0 Å². The molecule has 2 aromatic carbocycles. The van der Waals surface area contributed by atoms with Crippen molar-refractivity contribution in [2.24, 2.45) is 0 Å². The molecule has 0 bridgehead atoms. The van der Waals surface area contributed by atoms with Gasteiger partial charge in [0.2, 0.25) is 5.91 Å². The second-order valence-corrected chi connectivity index (χ2v) is 9.49. The Morgan fingerprint density at radius 1 is 1.00 bits per heavy atom. The molecule has 30 heavy (non-hydrogen) atoms. The number of anilines is 1. The zero-order valence-corrected chi connectivity index (χ0v) is 19.4. The molecule has 0 aromatic heterocycles. The van der Waals surface area contributed by atoms with Crippen molar-refractivity contribution in [1.29, 1.82) is 0 Å². The number of likely N-dealkylation sites (N-methyl/N-ethyl adjacent to an activating group) is 1. The number of hydrogen-bond acceptors (Lipinski definition) is 3. The number of carbonyl (C=O) groups excluding carboxylic acids is 1. The highest BCUT2D eigenvalue weighted by Gasteiger charge is 2.43. The fourth-order valence-corrected chi connectivity index (χ4v) is 5.05. The highest BCUT2D eigenvalue weighted by molar-refractivity contribution is 9.10. The molecule has 4 nitrogen and oxygen atoms in total. The van der Waals surface area contributed by atoms with Crippen molar-refractivity contribution in [1.82, 2.24) is 4.90 Å². The van der Waals surface area contributed by atoms with Crippen LogP contribution in [0.1, 0.15) is 43.2 Å². The normalized spacial score (nSPS) is 18.8. The van der Waals surface area contributed by atoms with Crippen molar-refractivity contribution in [3.05, 3.63) is 64.1 Å². The Balaban J connectivity index is 1.49. The van der Waals surface area contributed by atoms with Gasteiger partial charge in [-0.05, 0) is 67.5 Å². The average molecular weight is 471 g/mol. The van der Waals surface area contributed by atoms with E-state index in [1.807, 2.05) is 24.1 Å². The molecule has 2 saturated heterocycles. The van der Waals surface area contributed by atoms with E-state index >= 15 is 0 Å². The fourth-order valence-electron chi connectivity index (χ4n) is 4.79. The van der Waals surface area contributed by atoms with Gasteiger partial charge >= 0.3 is 0 Å². The zero-order chi connectivity index (χ0) is 21.0. The smallest absolute Gasteiger partial charge is 0.233 e. The molecule has 0 radical (unpaired) electrons. The molecule has 5 heteroatoms. The molecular weight excluding hydrogens is 440 g/mol. The van der Waals surface area contributed by atoms with Gasteiger partial charge in [0.25, 0.3) is 0 Å². The maximum absolute atomic E-state index is 13.7. The lowest BCUT2D eigenvalue weighted by molar-refractivity contribution is -0.140. The number of carbonyl (C=O) groups is 1. The molecule has 0 aliphatic carbocycles. The highest BCUT2D eigenvalue weighted by atomic mass is 79.9. The minimum atomic E-state index is -0.499. The van der Waals surface area contributed by atoms with E-state index in [1.165, 1.54) is 30.5 Å². The summed E-state index contributed by atoms with van der Waals surface area (Å²) in [6, 6.07) is 17.0. The summed E-state index contributed by atoms with van der Waals surface area (Å²) < 4.78 is 6.63. The second kappa shape index (κ2) is 9.52. The van der Waals surface area contributed by atoms with Gasteiger partial charge in [0, 0.05) is 50.1 Å². The molecule has 2 aliphatic heterocycles. The van der Waals surface area contributed by atoms with Gasteiger partial charge in [-0.25, -0.2) is 0 Å². The molecule has 2 aliphatic rings. The van der Waals surface area contributed by atoms with Gasteiger partial charge in [0.1, 0.15) is 0 Å². The topological polar surface area (TPSA) is 32.8 Å². The lowest BCUT2D eigenvalue weighted by Crippen LogP contribution is -2.48. The predicted molar refractivity (Wildman–Crippen MR) is 125 cm³/mol. The molecule has 2 heterocycles. The predicted octanol–water partition coefficient (Wildman–Crippen LogP) is 5.15. The van der Waals surface area contributed by atoms with Gasteiger partial charge in [-0.2, -0.15) is 0 Å². The Hall–Kier alpha value is -1.85. The van der Waals surface area contributed by atoms with E-state index in [0.29, 0.717) is 19.8 Å². The van der Waals surface area contributed by atoms with Crippen LogP contribution in [-0.4, -0.2) is 44.2 Å². The molecule has 0 saturated carbocycles. The molecule has 4 rings (SSSR count). The van der Waals surface area contributed by atoms with Crippen LogP contribution in [0.25, 0.3) is 0 Å². The zero-order valence-electron chi connectivity index (χ0n) is 17.8. The van der Waals surface area contributed by atoms with Crippen molar-refractivity contribution in [2.45, 2.75) is 44.1 Å². The van der Waals surface area contributed by atoms with Crippen molar-refractivity contribution in [2.75, 3.05) is 38.3 Å². The number of amides is 1. The van der Waals surface area contributed by atoms with E-state index in [-0.39, 0.29) is 5.91 Å². The third kappa shape index (κ3) is 4.57. The van der Waals surface area contributed by atoms with Gasteiger partial charge < -0.3 is 14.5 Å². The fraction of sp³-hybridized carbons (Fsp3) is 0.480. The number of piperidine rings is 1. The van der Waals surface area contributed by atoms with Crippen LogP contribution in [0.5, 0.6) is 0 Å². The summed E-state index contributed by atoms with van der Waals surface area (Å²) in [6.45, 7) is 4.17. The van der Waals surface area contributed by atoms with Gasteiger partial charge in [-0.15, -0.1) is 0 Å². The van der Waals surface area contributed by atoms with Gasteiger partial charge in [0.15, 0.2) is 0 Å². The molecular formula is C25H31BrN2O2. The Bertz CT molecular complexity index is 838. The summed E-state index contributed by atoms with van der Waals surface area (Å²) in [5.41, 5.74) is 3.06. The largest absolute Gasteiger partial charge is 0.381 e. The van der Waals surface area contributed by atoms with Crippen LogP contribution in [0, 0.1) is 0 Å². The first-order chi connectivity index (χ1) is 14.6. The van der Waals surface area contributed by atoms with E-state index in [4.69, 9.17) is 4.74 Å². The van der Waals surface area contributed by atoms with Gasteiger partial charge in [-0.1, -0.05) is 40.2 Å². The molecule has 2 fully saturated rings. The summed E-state index contributed by atoms with van der Waals surface area (Å²) in [4.78, 5) is 18.0. The maximum Gasteiger partial charge on any atom is 0.233 e. The molecule has 0 unspecified atom stereocenters. The molecule has 1 amide bonds. The third-order valence-corrected chi connectivity index (χ3v) is 7.11. The van der Waals surface area contributed by atoms with Crippen LogP contribution in [0.15, 0.2) is 53.0 Å². The quantitative estimate of drug-likeness (QED) is 0.605.